The molecule has 1 aromatic heterocycles. The minimum atomic E-state index is -0.330. The van der Waals surface area contributed by atoms with Crippen molar-refractivity contribution in [2.45, 2.75) is 39.5 Å². The molecule has 1 amide bonds. The van der Waals surface area contributed by atoms with Gasteiger partial charge in [0.05, 0.1) is 12.2 Å². The molecule has 1 aliphatic rings. The number of esters is 1. The SMILES string of the molecule is CCCOC(=O)c1c(NC(=O)c2ccc(-c3ccccc3)cc2)sc2c1CCC(C)C2. The minimum absolute atomic E-state index is 0.212. The number of benzene rings is 2. The summed E-state index contributed by atoms with van der Waals surface area (Å²) in [6.07, 6.45) is 3.61. The predicted octanol–water partition coefficient (Wildman–Crippen LogP) is 6.36. The van der Waals surface area contributed by atoms with Crippen molar-refractivity contribution in [2.75, 3.05) is 11.9 Å². The molecule has 0 spiro atoms. The molecule has 1 unspecified atom stereocenters. The van der Waals surface area contributed by atoms with Gasteiger partial charge in [-0.1, -0.05) is 56.3 Å². The van der Waals surface area contributed by atoms with Crippen LogP contribution in [0.15, 0.2) is 54.6 Å². The normalized spacial score (nSPS) is 15.2. The van der Waals surface area contributed by atoms with E-state index in [1.165, 1.54) is 16.2 Å². The lowest BCUT2D eigenvalue weighted by atomic mass is 9.88. The second-order valence-corrected chi connectivity index (χ2v) is 9.19. The number of amides is 1. The van der Waals surface area contributed by atoms with Crippen molar-refractivity contribution in [2.24, 2.45) is 5.92 Å². The van der Waals surface area contributed by atoms with E-state index in [0.717, 1.165) is 42.4 Å². The lowest BCUT2D eigenvalue weighted by molar-refractivity contribution is 0.0505. The Hall–Kier alpha value is -2.92. The first-order valence-electron chi connectivity index (χ1n) is 10.8. The minimum Gasteiger partial charge on any atom is -0.462 e. The van der Waals surface area contributed by atoms with Gasteiger partial charge in [-0.2, -0.15) is 0 Å². The lowest BCUT2D eigenvalue weighted by Gasteiger charge is -2.18. The van der Waals surface area contributed by atoms with E-state index in [2.05, 4.69) is 12.2 Å². The zero-order valence-corrected chi connectivity index (χ0v) is 18.8. The van der Waals surface area contributed by atoms with Crippen molar-refractivity contribution >= 4 is 28.2 Å². The van der Waals surface area contributed by atoms with Crippen molar-refractivity contribution < 1.29 is 14.3 Å². The van der Waals surface area contributed by atoms with Gasteiger partial charge in [-0.3, -0.25) is 4.79 Å². The quantitative estimate of drug-likeness (QED) is 0.460. The Balaban J connectivity index is 1.58. The summed E-state index contributed by atoms with van der Waals surface area (Å²) < 4.78 is 5.44. The van der Waals surface area contributed by atoms with E-state index in [0.29, 0.717) is 28.7 Å². The monoisotopic (exact) mass is 433 g/mol. The number of anilines is 1. The highest BCUT2D eigenvalue weighted by Crippen LogP contribution is 2.40. The second-order valence-electron chi connectivity index (χ2n) is 8.09. The lowest BCUT2D eigenvalue weighted by Crippen LogP contribution is -2.17. The summed E-state index contributed by atoms with van der Waals surface area (Å²) in [5.74, 6) is 0.0409. The van der Waals surface area contributed by atoms with E-state index in [1.54, 1.807) is 0 Å². The van der Waals surface area contributed by atoms with E-state index >= 15 is 0 Å². The molecule has 31 heavy (non-hydrogen) atoms. The number of carbonyl (C=O) groups is 2. The fourth-order valence-electron chi connectivity index (χ4n) is 3.94. The van der Waals surface area contributed by atoms with Crippen molar-refractivity contribution in [3.05, 3.63) is 76.2 Å². The molecule has 1 aliphatic carbocycles. The van der Waals surface area contributed by atoms with Crippen LogP contribution in [-0.2, 0) is 17.6 Å². The Morgan fingerprint density at radius 3 is 2.48 bits per heavy atom. The molecule has 0 radical (unpaired) electrons. The largest absolute Gasteiger partial charge is 0.462 e. The number of ether oxygens (including phenoxy) is 1. The van der Waals surface area contributed by atoms with Crippen molar-refractivity contribution in [1.82, 2.24) is 0 Å². The molecule has 5 heteroatoms. The summed E-state index contributed by atoms with van der Waals surface area (Å²) in [7, 11) is 0. The predicted molar refractivity (Wildman–Crippen MR) is 126 cm³/mol. The van der Waals surface area contributed by atoms with Crippen LogP contribution >= 0.6 is 11.3 Å². The molecule has 160 valence electrons. The molecule has 0 saturated heterocycles. The summed E-state index contributed by atoms with van der Waals surface area (Å²) >= 11 is 1.52. The summed E-state index contributed by atoms with van der Waals surface area (Å²) in [5, 5.41) is 3.60. The maximum Gasteiger partial charge on any atom is 0.341 e. The Kier molecular flexibility index (Phi) is 6.52. The summed E-state index contributed by atoms with van der Waals surface area (Å²) in [6, 6.07) is 17.6. The maximum atomic E-state index is 13.0. The standard InChI is InChI=1S/C26H27NO3S/c1-3-15-30-26(29)23-21-14-9-17(2)16-22(21)31-25(23)27-24(28)20-12-10-19(11-13-20)18-7-5-4-6-8-18/h4-8,10-13,17H,3,9,14-16H2,1-2H3,(H,27,28). The number of hydrogen-bond acceptors (Lipinski definition) is 4. The van der Waals surface area contributed by atoms with Gasteiger partial charge in [-0.05, 0) is 60.4 Å². The Morgan fingerprint density at radius 2 is 1.77 bits per heavy atom. The fraction of sp³-hybridized carbons (Fsp3) is 0.308. The van der Waals surface area contributed by atoms with Crippen LogP contribution in [-0.4, -0.2) is 18.5 Å². The van der Waals surface area contributed by atoms with Crippen LogP contribution in [0.1, 0.15) is 57.8 Å². The van der Waals surface area contributed by atoms with Crippen LogP contribution in [0.4, 0.5) is 5.00 Å². The number of fused-ring (bicyclic) bond motifs is 1. The molecule has 3 aromatic rings. The van der Waals surface area contributed by atoms with E-state index in [4.69, 9.17) is 4.74 Å². The van der Waals surface area contributed by atoms with Crippen LogP contribution in [0, 0.1) is 5.92 Å². The average Bonchev–Trinajstić information content (AvgIpc) is 3.15. The summed E-state index contributed by atoms with van der Waals surface area (Å²) in [6.45, 7) is 4.58. The van der Waals surface area contributed by atoms with Crippen molar-refractivity contribution in [1.29, 1.82) is 0 Å². The number of thiophene rings is 1. The highest BCUT2D eigenvalue weighted by Gasteiger charge is 2.29. The molecule has 0 fully saturated rings. The molecule has 4 rings (SSSR count). The van der Waals surface area contributed by atoms with Gasteiger partial charge in [0, 0.05) is 10.4 Å². The molecular weight excluding hydrogens is 406 g/mol. The van der Waals surface area contributed by atoms with Crippen LogP contribution in [0.25, 0.3) is 11.1 Å². The topological polar surface area (TPSA) is 55.4 Å². The third-order valence-electron chi connectivity index (χ3n) is 5.63. The molecule has 1 N–H and O–H groups in total. The van der Waals surface area contributed by atoms with Gasteiger partial charge in [0.15, 0.2) is 0 Å². The zero-order chi connectivity index (χ0) is 21.8. The number of rotatable bonds is 6. The Morgan fingerprint density at radius 1 is 1.06 bits per heavy atom. The third kappa shape index (κ3) is 4.72. The molecule has 0 bridgehead atoms. The van der Waals surface area contributed by atoms with Crippen molar-refractivity contribution in [3.8, 4) is 11.1 Å². The number of carbonyl (C=O) groups excluding carboxylic acids is 2. The van der Waals surface area contributed by atoms with E-state index < -0.39 is 0 Å². The smallest absolute Gasteiger partial charge is 0.341 e. The van der Waals surface area contributed by atoms with Gasteiger partial charge >= 0.3 is 5.97 Å². The first-order chi connectivity index (χ1) is 15.1. The first kappa shape index (κ1) is 21.3. The van der Waals surface area contributed by atoms with E-state index in [1.807, 2.05) is 61.5 Å². The van der Waals surface area contributed by atoms with Gasteiger partial charge < -0.3 is 10.1 Å². The molecule has 2 aromatic carbocycles. The maximum absolute atomic E-state index is 13.0. The van der Waals surface area contributed by atoms with Crippen LogP contribution in [0.2, 0.25) is 0 Å². The third-order valence-corrected chi connectivity index (χ3v) is 6.80. The van der Waals surface area contributed by atoms with Gasteiger partial charge in [0.1, 0.15) is 5.00 Å². The van der Waals surface area contributed by atoms with Gasteiger partial charge in [0.2, 0.25) is 0 Å². The van der Waals surface area contributed by atoms with Crippen molar-refractivity contribution in [3.63, 3.8) is 0 Å². The first-order valence-corrected chi connectivity index (χ1v) is 11.7. The van der Waals surface area contributed by atoms with Gasteiger partial charge in [0.25, 0.3) is 5.91 Å². The second kappa shape index (κ2) is 9.48. The molecule has 1 heterocycles. The van der Waals surface area contributed by atoms with E-state index in [-0.39, 0.29) is 11.9 Å². The fourth-order valence-corrected chi connectivity index (χ4v) is 5.34. The Bertz CT molecular complexity index is 1070. The van der Waals surface area contributed by atoms with Crippen LogP contribution < -0.4 is 5.32 Å². The molecule has 0 saturated carbocycles. The highest BCUT2D eigenvalue weighted by molar-refractivity contribution is 7.17. The molecule has 4 nitrogen and oxygen atoms in total. The number of nitrogens with one attached hydrogen (secondary N) is 1. The highest BCUT2D eigenvalue weighted by atomic mass is 32.1. The summed E-state index contributed by atoms with van der Waals surface area (Å²) in [4.78, 5) is 27.0. The van der Waals surface area contributed by atoms with Crippen LogP contribution in [0.5, 0.6) is 0 Å². The Labute approximate surface area is 187 Å². The van der Waals surface area contributed by atoms with Gasteiger partial charge in [-0.25, -0.2) is 4.79 Å². The van der Waals surface area contributed by atoms with Crippen LogP contribution in [0.3, 0.4) is 0 Å². The van der Waals surface area contributed by atoms with E-state index in [9.17, 15) is 9.59 Å². The molecule has 1 atom stereocenters. The zero-order valence-electron chi connectivity index (χ0n) is 17.9. The average molecular weight is 434 g/mol. The number of hydrogen-bond donors (Lipinski definition) is 1. The summed E-state index contributed by atoms with van der Waals surface area (Å²) in [5.41, 5.74) is 4.33. The molecular formula is C26H27NO3S. The van der Waals surface area contributed by atoms with Gasteiger partial charge in [-0.15, -0.1) is 11.3 Å². The molecule has 0 aliphatic heterocycles.